The van der Waals surface area contributed by atoms with Crippen LogP contribution in [0.15, 0.2) is 28.7 Å². The highest BCUT2D eigenvalue weighted by Gasteiger charge is 2.37. The van der Waals surface area contributed by atoms with Crippen LogP contribution < -0.4 is 10.6 Å². The van der Waals surface area contributed by atoms with E-state index in [9.17, 15) is 8.78 Å². The molecule has 0 saturated carbocycles. The molecule has 0 aromatic heterocycles. The molecule has 0 radical (unpaired) electrons. The molecule has 2 rings (SSSR count). The third-order valence-corrected chi connectivity index (χ3v) is 4.22. The molecule has 1 aliphatic rings. The van der Waals surface area contributed by atoms with Gasteiger partial charge in [-0.1, -0.05) is 12.1 Å². The summed E-state index contributed by atoms with van der Waals surface area (Å²) >= 11 is 3.49. The number of rotatable bonds is 2. The topological polar surface area (TPSA) is 29.3 Å². The molecule has 100 valence electrons. The van der Waals surface area contributed by atoms with E-state index in [0.29, 0.717) is 25.8 Å². The van der Waals surface area contributed by atoms with Crippen molar-refractivity contribution in [3.8, 4) is 0 Å². The number of alkyl halides is 2. The van der Waals surface area contributed by atoms with E-state index < -0.39 is 12.0 Å². The summed E-state index contributed by atoms with van der Waals surface area (Å²) in [6.45, 7) is 1.34. The molecule has 1 unspecified atom stereocenters. The number of nitrogens with two attached hydrogens (primary N) is 1. The molecule has 2 nitrogen and oxygen atoms in total. The van der Waals surface area contributed by atoms with Crippen molar-refractivity contribution in [1.29, 1.82) is 0 Å². The van der Waals surface area contributed by atoms with Crippen LogP contribution in [0.2, 0.25) is 0 Å². The smallest absolute Gasteiger partial charge is 0.256 e. The van der Waals surface area contributed by atoms with Crippen LogP contribution in [-0.2, 0) is 0 Å². The number of benzene rings is 1. The summed E-state index contributed by atoms with van der Waals surface area (Å²) in [5.41, 5.74) is 5.52. The van der Waals surface area contributed by atoms with Gasteiger partial charge in [0.25, 0.3) is 6.43 Å². The first kappa shape index (κ1) is 13.7. The lowest BCUT2D eigenvalue weighted by Crippen LogP contribution is -2.47. The number of hydrogen-bond donors (Lipinski definition) is 1. The van der Waals surface area contributed by atoms with E-state index in [1.807, 2.05) is 24.3 Å². The summed E-state index contributed by atoms with van der Waals surface area (Å²) in [6.07, 6.45) is -1.04. The maximum absolute atomic E-state index is 12.9. The zero-order valence-corrected chi connectivity index (χ0v) is 11.7. The molecule has 1 heterocycles. The Hall–Kier alpha value is -0.680. The second-order valence-electron chi connectivity index (χ2n) is 4.83. The molecule has 1 fully saturated rings. The second-order valence-corrected chi connectivity index (χ2v) is 5.68. The maximum Gasteiger partial charge on any atom is 0.256 e. The minimum atomic E-state index is -2.45. The van der Waals surface area contributed by atoms with Crippen molar-refractivity contribution in [3.05, 3.63) is 28.7 Å². The standard InChI is InChI=1S/C13H17BrF2N2/c14-10-4-1-2-5-11(10)18-8-3-6-13(17,7-9-18)12(15)16/h1-2,4-5,12H,3,6-9,17H2. The third-order valence-electron chi connectivity index (χ3n) is 3.55. The van der Waals surface area contributed by atoms with E-state index in [1.54, 1.807) is 0 Å². The van der Waals surface area contributed by atoms with Crippen LogP contribution in [0.1, 0.15) is 19.3 Å². The van der Waals surface area contributed by atoms with Gasteiger partial charge in [-0.25, -0.2) is 8.78 Å². The second kappa shape index (κ2) is 5.53. The van der Waals surface area contributed by atoms with Crippen LogP contribution in [0.25, 0.3) is 0 Å². The monoisotopic (exact) mass is 318 g/mol. The van der Waals surface area contributed by atoms with E-state index in [0.717, 1.165) is 16.7 Å². The summed E-state index contributed by atoms with van der Waals surface area (Å²) in [4.78, 5) is 2.13. The molecule has 0 amide bonds. The van der Waals surface area contributed by atoms with Crippen molar-refractivity contribution < 1.29 is 8.78 Å². The highest BCUT2D eigenvalue weighted by Crippen LogP contribution is 2.31. The highest BCUT2D eigenvalue weighted by molar-refractivity contribution is 9.10. The van der Waals surface area contributed by atoms with Crippen LogP contribution >= 0.6 is 15.9 Å². The van der Waals surface area contributed by atoms with Crippen LogP contribution in [-0.4, -0.2) is 25.1 Å². The van der Waals surface area contributed by atoms with Crippen LogP contribution in [0.5, 0.6) is 0 Å². The van der Waals surface area contributed by atoms with Crippen molar-refractivity contribution >= 4 is 21.6 Å². The lowest BCUT2D eigenvalue weighted by Gasteiger charge is -2.28. The normalized spacial score (nSPS) is 25.3. The van der Waals surface area contributed by atoms with Gasteiger partial charge in [-0.3, -0.25) is 0 Å². The Morgan fingerprint density at radius 2 is 1.94 bits per heavy atom. The first-order chi connectivity index (χ1) is 8.53. The van der Waals surface area contributed by atoms with Gasteiger partial charge in [-0.2, -0.15) is 0 Å². The quantitative estimate of drug-likeness (QED) is 0.905. The van der Waals surface area contributed by atoms with E-state index in [2.05, 4.69) is 20.8 Å². The average molecular weight is 319 g/mol. The number of hydrogen-bond acceptors (Lipinski definition) is 2. The molecular formula is C13H17BrF2N2. The van der Waals surface area contributed by atoms with E-state index in [-0.39, 0.29) is 0 Å². The van der Waals surface area contributed by atoms with Gasteiger partial charge >= 0.3 is 0 Å². The Balaban J connectivity index is 2.13. The fourth-order valence-electron chi connectivity index (χ4n) is 2.35. The Bertz CT molecular complexity index is 414. The van der Waals surface area contributed by atoms with Gasteiger partial charge in [0.1, 0.15) is 0 Å². The van der Waals surface area contributed by atoms with Crippen molar-refractivity contribution in [1.82, 2.24) is 0 Å². The van der Waals surface area contributed by atoms with E-state index in [4.69, 9.17) is 5.73 Å². The molecule has 1 atom stereocenters. The molecule has 1 aliphatic heterocycles. The summed E-state index contributed by atoms with van der Waals surface area (Å²) in [5, 5.41) is 0. The first-order valence-electron chi connectivity index (χ1n) is 6.09. The molecule has 1 saturated heterocycles. The number of halogens is 3. The Morgan fingerprint density at radius 1 is 1.22 bits per heavy atom. The van der Waals surface area contributed by atoms with Gasteiger partial charge in [0, 0.05) is 17.6 Å². The van der Waals surface area contributed by atoms with Gasteiger partial charge in [-0.15, -0.1) is 0 Å². The zero-order chi connectivity index (χ0) is 13.2. The summed E-state index contributed by atoms with van der Waals surface area (Å²) < 4.78 is 26.9. The maximum atomic E-state index is 12.9. The summed E-state index contributed by atoms with van der Waals surface area (Å²) in [5.74, 6) is 0. The third kappa shape index (κ3) is 2.83. The molecule has 0 bridgehead atoms. The Labute approximate surface area is 114 Å². The van der Waals surface area contributed by atoms with Crippen LogP contribution in [0.3, 0.4) is 0 Å². The molecule has 1 aromatic rings. The Kier molecular flexibility index (Phi) is 4.22. The van der Waals surface area contributed by atoms with Gasteiger partial charge < -0.3 is 10.6 Å². The number of anilines is 1. The highest BCUT2D eigenvalue weighted by atomic mass is 79.9. The van der Waals surface area contributed by atoms with E-state index >= 15 is 0 Å². The average Bonchev–Trinajstić information content (AvgIpc) is 2.53. The van der Waals surface area contributed by atoms with Crippen molar-refractivity contribution in [2.45, 2.75) is 31.2 Å². The lowest BCUT2D eigenvalue weighted by atomic mass is 9.92. The zero-order valence-electron chi connectivity index (χ0n) is 10.1. The lowest BCUT2D eigenvalue weighted by molar-refractivity contribution is 0.0466. The summed E-state index contributed by atoms with van der Waals surface area (Å²) in [7, 11) is 0. The fraction of sp³-hybridized carbons (Fsp3) is 0.538. The van der Waals surface area contributed by atoms with Gasteiger partial charge in [-0.05, 0) is 47.3 Å². The van der Waals surface area contributed by atoms with Crippen molar-refractivity contribution in [3.63, 3.8) is 0 Å². The molecule has 0 spiro atoms. The molecule has 5 heteroatoms. The predicted octanol–water partition coefficient (Wildman–Crippen LogP) is 3.40. The summed E-state index contributed by atoms with van der Waals surface area (Å²) in [6, 6.07) is 7.85. The van der Waals surface area contributed by atoms with Crippen molar-refractivity contribution in [2.24, 2.45) is 5.73 Å². The SMILES string of the molecule is NC1(C(F)F)CCCN(c2ccccc2Br)CC1. The first-order valence-corrected chi connectivity index (χ1v) is 6.89. The van der Waals surface area contributed by atoms with Crippen LogP contribution in [0, 0.1) is 0 Å². The van der Waals surface area contributed by atoms with Crippen molar-refractivity contribution in [2.75, 3.05) is 18.0 Å². The van der Waals surface area contributed by atoms with Gasteiger partial charge in [0.2, 0.25) is 0 Å². The minimum absolute atomic E-state index is 0.325. The molecule has 2 N–H and O–H groups in total. The van der Waals surface area contributed by atoms with Gasteiger partial charge in [0.15, 0.2) is 0 Å². The van der Waals surface area contributed by atoms with Crippen LogP contribution in [0.4, 0.5) is 14.5 Å². The Morgan fingerprint density at radius 3 is 2.61 bits per heavy atom. The molecule has 1 aromatic carbocycles. The number of para-hydroxylation sites is 1. The molecule has 18 heavy (non-hydrogen) atoms. The largest absolute Gasteiger partial charge is 0.371 e. The molecular weight excluding hydrogens is 302 g/mol. The fourth-order valence-corrected chi connectivity index (χ4v) is 2.88. The van der Waals surface area contributed by atoms with Gasteiger partial charge in [0.05, 0.1) is 11.2 Å². The minimum Gasteiger partial charge on any atom is -0.371 e. The number of nitrogens with zero attached hydrogens (tertiary/aromatic N) is 1. The van der Waals surface area contributed by atoms with E-state index in [1.165, 1.54) is 0 Å². The predicted molar refractivity (Wildman–Crippen MR) is 73.1 cm³/mol. The molecule has 0 aliphatic carbocycles.